The van der Waals surface area contributed by atoms with Gasteiger partial charge in [0, 0.05) is 12.8 Å². The second kappa shape index (κ2) is 13.9. The number of nitro benzene ring substituents is 1. The first kappa shape index (κ1) is 43.9. The normalized spacial score (nSPS) is 15.3. The SMILES string of the molecule is CC(C)(C)C(O)c1cc(OCCCC(F)(F)C(F)(F)C(F)(F)C(F)(F)F)c(OCCCC(F)(F)C(F)(F)C(F)(F)C(F)(F)F)cc1[N+](=O)[O-]. The van der Waals surface area contributed by atoms with Gasteiger partial charge in [-0.05, 0) is 24.3 Å². The van der Waals surface area contributed by atoms with Crippen LogP contribution in [0.1, 0.15) is 58.1 Å². The van der Waals surface area contributed by atoms with Gasteiger partial charge in [-0.25, -0.2) is 0 Å². The standard InChI is InChI=1S/C25H25F18NO5/c1-17(2,3)16(45)12-10-14(48-8-4-6-18(26,27)20(30,31)22(34,35)24(38,39)40)15(11-13(12)44(46)47)49-9-5-7-19(28,29)21(32,33)23(36,37)25(41,42)43/h10-11,16,45H,4-9H2,1-3H3. The van der Waals surface area contributed by atoms with Crippen LogP contribution in [0.5, 0.6) is 11.5 Å². The predicted molar refractivity (Wildman–Crippen MR) is 129 cm³/mol. The summed E-state index contributed by atoms with van der Waals surface area (Å²) in [5.41, 5.74) is -2.94. The molecule has 1 aromatic carbocycles. The smallest absolute Gasteiger partial charge is 0.460 e. The summed E-state index contributed by atoms with van der Waals surface area (Å²) >= 11 is 0. The zero-order chi connectivity index (χ0) is 39.0. The molecule has 0 saturated heterocycles. The predicted octanol–water partition coefficient (Wildman–Crippen LogP) is 9.93. The van der Waals surface area contributed by atoms with Crippen LogP contribution in [0.2, 0.25) is 0 Å². The second-order valence-corrected chi connectivity index (χ2v) is 11.5. The first-order valence-corrected chi connectivity index (χ1v) is 13.2. The Morgan fingerprint density at radius 3 is 1.24 bits per heavy atom. The van der Waals surface area contributed by atoms with E-state index in [1.165, 1.54) is 20.8 Å². The molecular weight excluding hydrogens is 736 g/mol. The fourth-order valence-electron chi connectivity index (χ4n) is 3.72. The van der Waals surface area contributed by atoms with Crippen molar-refractivity contribution in [3.05, 3.63) is 27.8 Å². The third kappa shape index (κ3) is 8.81. The Morgan fingerprint density at radius 1 is 0.633 bits per heavy atom. The Labute approximate surface area is 263 Å². The van der Waals surface area contributed by atoms with Crippen molar-refractivity contribution in [2.45, 2.75) is 100 Å². The third-order valence-electron chi connectivity index (χ3n) is 6.61. The van der Waals surface area contributed by atoms with Crippen LogP contribution in [-0.2, 0) is 0 Å². The fraction of sp³-hybridized carbons (Fsp3) is 0.760. The minimum absolute atomic E-state index is 0.358. The van der Waals surface area contributed by atoms with Crippen molar-refractivity contribution >= 4 is 5.69 Å². The number of nitro groups is 1. The molecule has 1 aromatic rings. The van der Waals surface area contributed by atoms with E-state index in [1.807, 2.05) is 0 Å². The molecule has 1 rings (SSSR count). The lowest BCUT2D eigenvalue weighted by Gasteiger charge is -2.33. The summed E-state index contributed by atoms with van der Waals surface area (Å²) in [5, 5.41) is 22.2. The van der Waals surface area contributed by atoms with Crippen molar-refractivity contribution in [2.75, 3.05) is 13.2 Å². The molecule has 0 aliphatic carbocycles. The molecule has 286 valence electrons. The van der Waals surface area contributed by atoms with E-state index in [0.717, 1.165) is 0 Å². The summed E-state index contributed by atoms with van der Waals surface area (Å²) in [5.74, 6) is -42.4. The zero-order valence-electron chi connectivity index (χ0n) is 24.8. The van der Waals surface area contributed by atoms with Gasteiger partial charge in [-0.15, -0.1) is 0 Å². The van der Waals surface area contributed by atoms with Gasteiger partial charge in [0.2, 0.25) is 0 Å². The van der Waals surface area contributed by atoms with Gasteiger partial charge in [0.1, 0.15) is 0 Å². The topological polar surface area (TPSA) is 81.8 Å². The molecule has 0 aliphatic rings. The van der Waals surface area contributed by atoms with Crippen LogP contribution in [0.25, 0.3) is 0 Å². The highest BCUT2D eigenvalue weighted by atomic mass is 19.4. The van der Waals surface area contributed by atoms with Gasteiger partial charge in [-0.3, -0.25) is 10.1 Å². The average Bonchev–Trinajstić information content (AvgIpc) is 2.90. The molecule has 49 heavy (non-hydrogen) atoms. The minimum atomic E-state index is -7.21. The molecule has 6 nitrogen and oxygen atoms in total. The van der Waals surface area contributed by atoms with Gasteiger partial charge in [-0.2, -0.15) is 79.0 Å². The minimum Gasteiger partial charge on any atom is -0.490 e. The largest absolute Gasteiger partial charge is 0.490 e. The Kier molecular flexibility index (Phi) is 12.5. The number of aliphatic hydroxyl groups is 1. The summed E-state index contributed by atoms with van der Waals surface area (Å²) < 4.78 is 245. The number of hydrogen-bond acceptors (Lipinski definition) is 5. The van der Waals surface area contributed by atoms with E-state index >= 15 is 0 Å². The van der Waals surface area contributed by atoms with Crippen molar-refractivity contribution in [3.8, 4) is 11.5 Å². The third-order valence-corrected chi connectivity index (χ3v) is 6.61. The van der Waals surface area contributed by atoms with Crippen LogP contribution < -0.4 is 9.47 Å². The maximum absolute atomic E-state index is 13.9. The van der Waals surface area contributed by atoms with E-state index in [0.29, 0.717) is 12.1 Å². The van der Waals surface area contributed by atoms with Crippen molar-refractivity contribution in [3.63, 3.8) is 0 Å². The van der Waals surface area contributed by atoms with Crippen LogP contribution >= 0.6 is 0 Å². The molecule has 0 bridgehead atoms. The summed E-state index contributed by atoms with van der Waals surface area (Å²) in [6, 6.07) is 0.900. The highest BCUT2D eigenvalue weighted by molar-refractivity contribution is 5.55. The molecule has 0 aromatic heterocycles. The van der Waals surface area contributed by atoms with Crippen molar-refractivity contribution in [1.82, 2.24) is 0 Å². The number of benzene rings is 1. The summed E-state index contributed by atoms with van der Waals surface area (Å²) in [6.45, 7) is 1.32. The van der Waals surface area contributed by atoms with Crippen LogP contribution in [0.3, 0.4) is 0 Å². The monoisotopic (exact) mass is 761 g/mol. The highest BCUT2D eigenvalue weighted by Gasteiger charge is 2.82. The lowest BCUT2D eigenvalue weighted by molar-refractivity contribution is -0.396. The molecule has 0 spiro atoms. The molecule has 0 aliphatic heterocycles. The van der Waals surface area contributed by atoms with Crippen molar-refractivity contribution in [1.29, 1.82) is 0 Å². The van der Waals surface area contributed by atoms with E-state index in [9.17, 15) is 94.2 Å². The summed E-state index contributed by atoms with van der Waals surface area (Å²) in [7, 11) is 0. The number of hydrogen-bond donors (Lipinski definition) is 1. The molecule has 0 fully saturated rings. The second-order valence-electron chi connectivity index (χ2n) is 11.5. The molecule has 0 saturated carbocycles. The number of nitrogens with zero attached hydrogens (tertiary/aromatic N) is 1. The molecule has 0 heterocycles. The Bertz CT molecular complexity index is 1300. The highest BCUT2D eigenvalue weighted by Crippen LogP contribution is 2.55. The van der Waals surface area contributed by atoms with E-state index in [1.54, 1.807) is 0 Å². The average molecular weight is 761 g/mol. The maximum Gasteiger partial charge on any atom is 0.460 e. The van der Waals surface area contributed by atoms with E-state index < -0.39 is 126 Å². The summed E-state index contributed by atoms with van der Waals surface area (Å²) in [4.78, 5) is 10.5. The molecule has 1 N–H and O–H groups in total. The maximum atomic E-state index is 13.9. The number of alkyl halides is 18. The van der Waals surface area contributed by atoms with Gasteiger partial charge < -0.3 is 14.6 Å². The summed E-state index contributed by atoms with van der Waals surface area (Å²) in [6.07, 6.45) is -23.8. The molecule has 24 heteroatoms. The number of aliphatic hydroxyl groups excluding tert-OH is 1. The van der Waals surface area contributed by atoms with Gasteiger partial charge in [0.15, 0.2) is 11.5 Å². The van der Waals surface area contributed by atoms with Gasteiger partial charge in [0.25, 0.3) is 5.69 Å². The van der Waals surface area contributed by atoms with E-state index in [2.05, 4.69) is 0 Å². The molecular formula is C25H25F18NO5. The Hall–Kier alpha value is -3.08. The van der Waals surface area contributed by atoms with Crippen molar-refractivity contribution in [2.24, 2.45) is 5.41 Å². The first-order chi connectivity index (χ1) is 21.5. The van der Waals surface area contributed by atoms with Gasteiger partial charge in [-0.1, -0.05) is 20.8 Å². The van der Waals surface area contributed by atoms with Crippen LogP contribution in [0.15, 0.2) is 12.1 Å². The number of ether oxygens (including phenoxy) is 2. The van der Waals surface area contributed by atoms with E-state index in [-0.39, 0.29) is 0 Å². The van der Waals surface area contributed by atoms with Crippen molar-refractivity contribution < 1.29 is 98.5 Å². The first-order valence-electron chi connectivity index (χ1n) is 13.2. The number of halogens is 18. The molecule has 1 unspecified atom stereocenters. The lowest BCUT2D eigenvalue weighted by Crippen LogP contribution is -2.60. The quantitative estimate of drug-likeness (QED) is 0.0786. The van der Waals surface area contributed by atoms with E-state index in [4.69, 9.17) is 9.47 Å². The Morgan fingerprint density at radius 2 is 0.959 bits per heavy atom. The molecule has 1 atom stereocenters. The fourth-order valence-corrected chi connectivity index (χ4v) is 3.72. The van der Waals surface area contributed by atoms with Crippen LogP contribution in [0, 0.1) is 15.5 Å². The molecule has 0 amide bonds. The number of rotatable bonds is 16. The van der Waals surface area contributed by atoms with Gasteiger partial charge >= 0.3 is 47.9 Å². The zero-order valence-corrected chi connectivity index (χ0v) is 24.8. The molecule has 0 radical (unpaired) electrons. The van der Waals surface area contributed by atoms with Gasteiger partial charge in [0.05, 0.1) is 35.9 Å². The van der Waals surface area contributed by atoms with Crippen LogP contribution in [-0.4, -0.2) is 71.1 Å². The van der Waals surface area contributed by atoms with Crippen LogP contribution in [0.4, 0.5) is 84.7 Å². The lowest BCUT2D eigenvalue weighted by atomic mass is 9.84. The Balaban J connectivity index is 3.35.